The monoisotopic (exact) mass is 546 g/mol. The van der Waals surface area contributed by atoms with Gasteiger partial charge in [0, 0.05) is 38.9 Å². The Kier molecular flexibility index (Phi) is 14.2. The number of hydrogen-bond donors (Lipinski definition) is 2. The molecule has 0 spiro atoms. The molecule has 0 aromatic heterocycles. The van der Waals surface area contributed by atoms with Crippen LogP contribution in [0.15, 0.2) is 23.2 Å². The Balaban J connectivity index is 0.00000480. The molecule has 2 rings (SSSR count). The normalized spacial score (nSPS) is 17.4. The maximum atomic E-state index is 5.91. The number of rotatable bonds is 11. The first kappa shape index (κ1) is 28.0. The lowest BCUT2D eigenvalue weighted by molar-refractivity contribution is 0.145. The Labute approximate surface area is 206 Å². The van der Waals surface area contributed by atoms with E-state index in [-0.39, 0.29) is 24.0 Å². The van der Waals surface area contributed by atoms with Crippen LogP contribution in [0.3, 0.4) is 0 Å². The molecule has 0 aliphatic carbocycles. The Bertz CT molecular complexity index is 654. The van der Waals surface area contributed by atoms with E-state index in [1.54, 1.807) is 7.11 Å². The number of piperidine rings is 1. The van der Waals surface area contributed by atoms with E-state index in [0.29, 0.717) is 25.7 Å². The molecule has 1 unspecified atom stereocenters. The lowest BCUT2D eigenvalue weighted by Gasteiger charge is -2.34. The van der Waals surface area contributed by atoms with Gasteiger partial charge in [-0.3, -0.25) is 0 Å². The minimum absolute atomic E-state index is 0. The minimum Gasteiger partial charge on any atom is -0.491 e. The van der Waals surface area contributed by atoms with Crippen molar-refractivity contribution in [3.05, 3.63) is 29.3 Å². The van der Waals surface area contributed by atoms with E-state index >= 15 is 0 Å². The van der Waals surface area contributed by atoms with Gasteiger partial charge in [0.05, 0.1) is 13.2 Å². The standard InChI is InChI=1S/C24H42N4O2.HI/c1-6-25-24(26-15-21-8-7-11-28(18-21)17-19(2)3)27-16-22-10-9-20(4)14-23(22)30-13-12-29-5;/h9-10,14,19,21H,6-8,11-13,15-18H2,1-5H3,(H2,25,26,27);1H. The van der Waals surface area contributed by atoms with Gasteiger partial charge in [0.25, 0.3) is 0 Å². The quantitative estimate of drug-likeness (QED) is 0.190. The van der Waals surface area contributed by atoms with Crippen molar-refractivity contribution in [1.82, 2.24) is 15.5 Å². The molecule has 31 heavy (non-hydrogen) atoms. The Morgan fingerprint density at radius 3 is 2.77 bits per heavy atom. The molecule has 1 aliphatic heterocycles. The number of nitrogens with one attached hydrogen (secondary N) is 2. The fraction of sp³-hybridized carbons (Fsp3) is 0.708. The van der Waals surface area contributed by atoms with Crippen molar-refractivity contribution >= 4 is 29.9 Å². The van der Waals surface area contributed by atoms with Gasteiger partial charge in [-0.05, 0) is 56.7 Å². The molecule has 1 saturated heterocycles. The van der Waals surface area contributed by atoms with E-state index in [9.17, 15) is 0 Å². The predicted molar refractivity (Wildman–Crippen MR) is 141 cm³/mol. The van der Waals surface area contributed by atoms with Gasteiger partial charge in [0.1, 0.15) is 12.4 Å². The minimum atomic E-state index is 0. The molecule has 0 saturated carbocycles. The Morgan fingerprint density at radius 1 is 1.26 bits per heavy atom. The Morgan fingerprint density at radius 2 is 2.06 bits per heavy atom. The smallest absolute Gasteiger partial charge is 0.191 e. The summed E-state index contributed by atoms with van der Waals surface area (Å²) in [6, 6.07) is 6.29. The van der Waals surface area contributed by atoms with Crippen LogP contribution in [-0.4, -0.2) is 63.9 Å². The topological polar surface area (TPSA) is 58.1 Å². The number of likely N-dealkylation sites (tertiary alicyclic amines) is 1. The highest BCUT2D eigenvalue weighted by molar-refractivity contribution is 14.0. The molecule has 0 radical (unpaired) electrons. The van der Waals surface area contributed by atoms with Crippen LogP contribution < -0.4 is 15.4 Å². The van der Waals surface area contributed by atoms with Crippen LogP contribution in [0.2, 0.25) is 0 Å². The molecule has 1 fully saturated rings. The van der Waals surface area contributed by atoms with Crippen molar-refractivity contribution in [2.45, 2.75) is 47.1 Å². The number of guanidine groups is 1. The molecular weight excluding hydrogens is 503 g/mol. The molecule has 1 aromatic rings. The summed E-state index contributed by atoms with van der Waals surface area (Å²) in [4.78, 5) is 7.44. The average molecular weight is 547 g/mol. The highest BCUT2D eigenvalue weighted by Gasteiger charge is 2.20. The molecule has 178 valence electrons. The number of methoxy groups -OCH3 is 1. The summed E-state index contributed by atoms with van der Waals surface area (Å²) in [5.41, 5.74) is 2.28. The Hall–Kier alpha value is -1.06. The summed E-state index contributed by atoms with van der Waals surface area (Å²) in [5.74, 6) is 3.17. The van der Waals surface area contributed by atoms with Crippen LogP contribution >= 0.6 is 24.0 Å². The summed E-state index contributed by atoms with van der Waals surface area (Å²) in [7, 11) is 1.69. The largest absolute Gasteiger partial charge is 0.491 e. The van der Waals surface area contributed by atoms with Gasteiger partial charge in [-0.15, -0.1) is 24.0 Å². The van der Waals surface area contributed by atoms with Gasteiger partial charge < -0.3 is 25.0 Å². The number of aryl methyl sites for hydroxylation is 1. The van der Waals surface area contributed by atoms with Gasteiger partial charge >= 0.3 is 0 Å². The number of nitrogens with zero attached hydrogens (tertiary/aromatic N) is 2. The summed E-state index contributed by atoms with van der Waals surface area (Å²) >= 11 is 0. The second-order valence-electron chi connectivity index (χ2n) is 8.69. The maximum Gasteiger partial charge on any atom is 0.191 e. The number of benzene rings is 1. The van der Waals surface area contributed by atoms with Crippen LogP contribution in [-0.2, 0) is 11.3 Å². The van der Waals surface area contributed by atoms with Crippen molar-refractivity contribution in [3.8, 4) is 5.75 Å². The summed E-state index contributed by atoms with van der Waals surface area (Å²) in [5, 5.41) is 6.95. The van der Waals surface area contributed by atoms with Gasteiger partial charge in [0.15, 0.2) is 5.96 Å². The zero-order valence-electron chi connectivity index (χ0n) is 20.1. The summed E-state index contributed by atoms with van der Waals surface area (Å²) in [6.07, 6.45) is 2.58. The van der Waals surface area contributed by atoms with E-state index in [2.05, 4.69) is 61.4 Å². The summed E-state index contributed by atoms with van der Waals surface area (Å²) in [6.45, 7) is 15.9. The lowest BCUT2D eigenvalue weighted by Crippen LogP contribution is -2.45. The van der Waals surface area contributed by atoms with Crippen molar-refractivity contribution in [2.75, 3.05) is 53.0 Å². The third kappa shape index (κ3) is 10.9. The maximum absolute atomic E-state index is 5.91. The van der Waals surface area contributed by atoms with Crippen LogP contribution in [0.1, 0.15) is 44.7 Å². The number of hydrogen-bond acceptors (Lipinski definition) is 4. The molecule has 6 nitrogen and oxygen atoms in total. The zero-order valence-corrected chi connectivity index (χ0v) is 22.4. The molecule has 2 N–H and O–H groups in total. The molecule has 0 amide bonds. The van der Waals surface area contributed by atoms with Gasteiger partial charge in [-0.1, -0.05) is 26.0 Å². The van der Waals surface area contributed by atoms with Gasteiger partial charge in [-0.25, -0.2) is 4.99 Å². The second kappa shape index (κ2) is 15.7. The third-order valence-corrected chi connectivity index (χ3v) is 5.30. The lowest BCUT2D eigenvalue weighted by atomic mass is 9.97. The van der Waals surface area contributed by atoms with Crippen LogP contribution in [0.25, 0.3) is 0 Å². The van der Waals surface area contributed by atoms with Crippen molar-refractivity contribution in [3.63, 3.8) is 0 Å². The first-order valence-electron chi connectivity index (χ1n) is 11.5. The molecule has 1 atom stereocenters. The first-order chi connectivity index (χ1) is 14.5. The fourth-order valence-electron chi connectivity index (χ4n) is 3.91. The number of halogens is 1. The highest BCUT2D eigenvalue weighted by atomic mass is 127. The van der Waals surface area contributed by atoms with Gasteiger partial charge in [-0.2, -0.15) is 0 Å². The SMILES string of the molecule is CCNC(=NCc1ccc(C)cc1OCCOC)NCC1CCCN(CC(C)C)C1.I. The first-order valence-corrected chi connectivity index (χ1v) is 11.5. The van der Waals surface area contributed by atoms with Crippen molar-refractivity contribution in [2.24, 2.45) is 16.8 Å². The molecule has 7 heteroatoms. The second-order valence-corrected chi connectivity index (χ2v) is 8.69. The predicted octanol–water partition coefficient (Wildman–Crippen LogP) is 4.06. The van der Waals surface area contributed by atoms with Crippen LogP contribution in [0, 0.1) is 18.8 Å². The van der Waals surface area contributed by atoms with E-state index in [1.807, 2.05) is 0 Å². The third-order valence-electron chi connectivity index (χ3n) is 5.30. The zero-order chi connectivity index (χ0) is 21.8. The summed E-state index contributed by atoms with van der Waals surface area (Å²) < 4.78 is 11.0. The molecule has 1 aromatic carbocycles. The molecule has 0 bridgehead atoms. The fourth-order valence-corrected chi connectivity index (χ4v) is 3.91. The van der Waals surface area contributed by atoms with Gasteiger partial charge in [0.2, 0.25) is 0 Å². The number of ether oxygens (including phenoxy) is 2. The molecule has 1 heterocycles. The molecule has 1 aliphatic rings. The molecular formula is C24H43IN4O2. The van der Waals surface area contributed by atoms with Crippen LogP contribution in [0.5, 0.6) is 5.75 Å². The van der Waals surface area contributed by atoms with Crippen molar-refractivity contribution < 1.29 is 9.47 Å². The van der Waals surface area contributed by atoms with E-state index < -0.39 is 0 Å². The van der Waals surface area contributed by atoms with E-state index in [0.717, 1.165) is 36.3 Å². The van der Waals surface area contributed by atoms with E-state index in [4.69, 9.17) is 14.5 Å². The van der Waals surface area contributed by atoms with Crippen LogP contribution in [0.4, 0.5) is 0 Å². The average Bonchev–Trinajstić information content (AvgIpc) is 2.71. The highest BCUT2D eigenvalue weighted by Crippen LogP contribution is 2.21. The number of aliphatic imine (C=N–C) groups is 1. The van der Waals surface area contributed by atoms with E-state index in [1.165, 1.54) is 38.0 Å². The van der Waals surface area contributed by atoms with Crippen molar-refractivity contribution in [1.29, 1.82) is 0 Å².